The zero-order valence-corrected chi connectivity index (χ0v) is 11.9. The molecule has 0 saturated heterocycles. The van der Waals surface area contributed by atoms with Crippen molar-refractivity contribution in [2.45, 2.75) is 26.3 Å². The highest BCUT2D eigenvalue weighted by Gasteiger charge is 2.08. The van der Waals surface area contributed by atoms with Crippen molar-refractivity contribution in [3.63, 3.8) is 0 Å². The highest BCUT2D eigenvalue weighted by molar-refractivity contribution is 6.29. The number of nitrogens with one attached hydrogen (secondary N) is 1. The Labute approximate surface area is 121 Å². The molecular weight excluding hydrogens is 284 g/mol. The molecule has 2 rings (SSSR count). The van der Waals surface area contributed by atoms with Gasteiger partial charge in [-0.3, -0.25) is 0 Å². The molecule has 0 saturated carbocycles. The van der Waals surface area contributed by atoms with Crippen molar-refractivity contribution in [3.05, 3.63) is 52.4 Å². The van der Waals surface area contributed by atoms with E-state index in [-0.39, 0.29) is 18.0 Å². The lowest BCUT2D eigenvalue weighted by Crippen LogP contribution is -2.07. The average Bonchev–Trinajstić information content (AvgIpc) is 2.39. The minimum atomic E-state index is -0.480. The van der Waals surface area contributed by atoms with E-state index in [1.165, 1.54) is 0 Å². The molecule has 6 heteroatoms. The van der Waals surface area contributed by atoms with Crippen molar-refractivity contribution in [2.75, 3.05) is 5.32 Å². The molecule has 20 heavy (non-hydrogen) atoms. The summed E-state index contributed by atoms with van der Waals surface area (Å²) in [6.45, 7) is 4.01. The van der Waals surface area contributed by atoms with Gasteiger partial charge in [-0.05, 0) is 18.2 Å². The van der Waals surface area contributed by atoms with E-state index >= 15 is 0 Å². The molecule has 3 nitrogen and oxygen atoms in total. The predicted molar refractivity (Wildman–Crippen MR) is 74.8 cm³/mol. The fraction of sp³-hybridized carbons (Fsp3) is 0.286. The van der Waals surface area contributed by atoms with E-state index < -0.39 is 11.6 Å². The van der Waals surface area contributed by atoms with E-state index in [1.807, 2.05) is 13.8 Å². The summed E-state index contributed by atoms with van der Waals surface area (Å²) < 4.78 is 26.6. The molecule has 0 aliphatic rings. The van der Waals surface area contributed by atoms with Crippen molar-refractivity contribution < 1.29 is 8.78 Å². The molecule has 1 heterocycles. The zero-order chi connectivity index (χ0) is 14.7. The van der Waals surface area contributed by atoms with Crippen LogP contribution in [0, 0.1) is 11.6 Å². The Kier molecular flexibility index (Phi) is 4.49. The number of benzene rings is 1. The standard InChI is InChI=1S/C14H14ClF2N3/c1-8(2)14-19-12(15)6-13(20-14)18-7-9-5-10(16)3-4-11(9)17/h3-6,8H,7H2,1-2H3,(H,18,19,20). The third-order valence-electron chi connectivity index (χ3n) is 2.70. The Morgan fingerprint density at radius 2 is 1.95 bits per heavy atom. The van der Waals surface area contributed by atoms with Crippen LogP contribution in [0.2, 0.25) is 5.15 Å². The molecule has 0 aliphatic carbocycles. The minimum Gasteiger partial charge on any atom is -0.366 e. The fourth-order valence-corrected chi connectivity index (χ4v) is 1.84. The van der Waals surface area contributed by atoms with Gasteiger partial charge in [-0.1, -0.05) is 25.4 Å². The van der Waals surface area contributed by atoms with E-state index in [0.29, 0.717) is 16.8 Å². The highest BCUT2D eigenvalue weighted by Crippen LogP contribution is 2.18. The number of rotatable bonds is 4. The largest absolute Gasteiger partial charge is 0.366 e. The quantitative estimate of drug-likeness (QED) is 0.862. The molecular formula is C14H14ClF2N3. The van der Waals surface area contributed by atoms with Crippen LogP contribution in [0.1, 0.15) is 31.2 Å². The normalized spacial score (nSPS) is 10.9. The van der Waals surface area contributed by atoms with Gasteiger partial charge in [-0.2, -0.15) is 0 Å². The van der Waals surface area contributed by atoms with Gasteiger partial charge in [0, 0.05) is 24.1 Å². The van der Waals surface area contributed by atoms with E-state index in [0.717, 1.165) is 18.2 Å². The van der Waals surface area contributed by atoms with Gasteiger partial charge in [0.1, 0.15) is 28.4 Å². The van der Waals surface area contributed by atoms with E-state index in [2.05, 4.69) is 15.3 Å². The summed E-state index contributed by atoms with van der Waals surface area (Å²) in [5, 5.41) is 3.23. The lowest BCUT2D eigenvalue weighted by Gasteiger charge is -2.10. The molecule has 1 aromatic carbocycles. The third-order valence-corrected chi connectivity index (χ3v) is 2.89. The van der Waals surface area contributed by atoms with Crippen molar-refractivity contribution in [2.24, 2.45) is 0 Å². The first-order chi connectivity index (χ1) is 9.45. The SMILES string of the molecule is CC(C)c1nc(Cl)cc(NCc2cc(F)ccc2F)n1. The van der Waals surface area contributed by atoms with Crippen LogP contribution in [0.4, 0.5) is 14.6 Å². The molecule has 2 aromatic rings. The number of hydrogen-bond donors (Lipinski definition) is 1. The second-order valence-corrected chi connectivity index (χ2v) is 5.07. The predicted octanol–water partition coefficient (Wildman–Crippen LogP) is 4.14. The summed E-state index contributed by atoms with van der Waals surface area (Å²) in [5.74, 6) is 0.257. The molecule has 0 spiro atoms. The molecule has 0 radical (unpaired) electrons. The van der Waals surface area contributed by atoms with Crippen LogP contribution in [0.15, 0.2) is 24.3 Å². The van der Waals surface area contributed by atoms with Crippen LogP contribution in [0.5, 0.6) is 0 Å². The smallest absolute Gasteiger partial charge is 0.135 e. The fourth-order valence-electron chi connectivity index (χ4n) is 1.65. The summed E-state index contributed by atoms with van der Waals surface area (Å²) in [7, 11) is 0. The van der Waals surface area contributed by atoms with Crippen molar-refractivity contribution in [1.82, 2.24) is 9.97 Å². The number of anilines is 1. The molecule has 106 valence electrons. The maximum Gasteiger partial charge on any atom is 0.135 e. The number of hydrogen-bond acceptors (Lipinski definition) is 3. The maximum absolute atomic E-state index is 13.5. The van der Waals surface area contributed by atoms with Crippen LogP contribution in [-0.4, -0.2) is 9.97 Å². The van der Waals surface area contributed by atoms with Gasteiger partial charge in [-0.25, -0.2) is 18.7 Å². The molecule has 0 aliphatic heterocycles. The molecule has 0 bridgehead atoms. The second-order valence-electron chi connectivity index (χ2n) is 4.68. The van der Waals surface area contributed by atoms with Gasteiger partial charge in [0.15, 0.2) is 0 Å². The zero-order valence-electron chi connectivity index (χ0n) is 11.1. The van der Waals surface area contributed by atoms with Gasteiger partial charge < -0.3 is 5.32 Å². The first-order valence-corrected chi connectivity index (χ1v) is 6.56. The van der Waals surface area contributed by atoms with Gasteiger partial charge in [-0.15, -0.1) is 0 Å². The monoisotopic (exact) mass is 297 g/mol. The van der Waals surface area contributed by atoms with E-state index in [9.17, 15) is 8.78 Å². The van der Waals surface area contributed by atoms with Gasteiger partial charge in [0.25, 0.3) is 0 Å². The van der Waals surface area contributed by atoms with Crippen LogP contribution < -0.4 is 5.32 Å². The molecule has 1 aromatic heterocycles. The van der Waals surface area contributed by atoms with E-state index in [4.69, 9.17) is 11.6 Å². The lowest BCUT2D eigenvalue weighted by molar-refractivity contribution is 0.587. The van der Waals surface area contributed by atoms with Crippen LogP contribution in [0.3, 0.4) is 0 Å². The average molecular weight is 298 g/mol. The molecule has 0 amide bonds. The minimum absolute atomic E-state index is 0.120. The van der Waals surface area contributed by atoms with Crippen LogP contribution in [0.25, 0.3) is 0 Å². The molecule has 1 N–H and O–H groups in total. The van der Waals surface area contributed by atoms with Gasteiger partial charge in [0.05, 0.1) is 0 Å². The number of nitrogens with zero attached hydrogens (tertiary/aromatic N) is 2. The molecule has 0 unspecified atom stereocenters. The molecule has 0 fully saturated rings. The van der Waals surface area contributed by atoms with Crippen LogP contribution >= 0.6 is 11.6 Å². The lowest BCUT2D eigenvalue weighted by atomic mass is 10.2. The maximum atomic E-state index is 13.5. The summed E-state index contributed by atoms with van der Waals surface area (Å²) >= 11 is 5.91. The first-order valence-electron chi connectivity index (χ1n) is 6.18. The first kappa shape index (κ1) is 14.7. The Balaban J connectivity index is 2.16. The van der Waals surface area contributed by atoms with Crippen molar-refractivity contribution in [1.29, 1.82) is 0 Å². The Bertz CT molecular complexity index is 617. The molecule has 0 atom stereocenters. The van der Waals surface area contributed by atoms with Gasteiger partial charge >= 0.3 is 0 Å². The third kappa shape index (κ3) is 3.63. The highest BCUT2D eigenvalue weighted by atomic mass is 35.5. The topological polar surface area (TPSA) is 37.8 Å². The summed E-state index contributed by atoms with van der Waals surface area (Å²) in [6.07, 6.45) is 0. The Morgan fingerprint density at radius 3 is 2.65 bits per heavy atom. The van der Waals surface area contributed by atoms with Crippen molar-refractivity contribution in [3.8, 4) is 0 Å². The van der Waals surface area contributed by atoms with Crippen LogP contribution in [-0.2, 0) is 6.54 Å². The number of aromatic nitrogens is 2. The summed E-state index contributed by atoms with van der Waals surface area (Å²) in [6, 6.07) is 4.87. The summed E-state index contributed by atoms with van der Waals surface area (Å²) in [5.41, 5.74) is 0.228. The Morgan fingerprint density at radius 1 is 1.20 bits per heavy atom. The van der Waals surface area contributed by atoms with E-state index in [1.54, 1.807) is 6.07 Å². The number of halogens is 3. The Hall–Kier alpha value is -1.75. The van der Waals surface area contributed by atoms with Crippen molar-refractivity contribution >= 4 is 17.4 Å². The summed E-state index contributed by atoms with van der Waals surface area (Å²) in [4.78, 5) is 8.38. The van der Waals surface area contributed by atoms with Gasteiger partial charge in [0.2, 0.25) is 0 Å². The second kappa shape index (κ2) is 6.13.